The number of carbonyl (C=O) groups excluding carboxylic acids is 1. The lowest BCUT2D eigenvalue weighted by molar-refractivity contribution is -0.113. The van der Waals surface area contributed by atoms with Gasteiger partial charge in [-0.15, -0.1) is 0 Å². The van der Waals surface area contributed by atoms with Gasteiger partial charge in [0.1, 0.15) is 11.6 Å². The molecule has 0 aliphatic carbocycles. The van der Waals surface area contributed by atoms with Gasteiger partial charge in [-0.05, 0) is 67.1 Å². The average Bonchev–Trinajstić information content (AvgIpc) is 2.74. The zero-order chi connectivity index (χ0) is 21.7. The van der Waals surface area contributed by atoms with E-state index < -0.39 is 21.7 Å². The van der Waals surface area contributed by atoms with Crippen LogP contribution in [0.4, 0.5) is 10.1 Å². The van der Waals surface area contributed by atoms with Crippen molar-refractivity contribution in [2.24, 2.45) is 0 Å². The van der Waals surface area contributed by atoms with Crippen molar-refractivity contribution in [3.63, 3.8) is 0 Å². The van der Waals surface area contributed by atoms with Gasteiger partial charge in [-0.3, -0.25) is 4.79 Å². The van der Waals surface area contributed by atoms with Crippen molar-refractivity contribution in [2.45, 2.75) is 11.8 Å². The SMILES string of the molecule is COc1ccc(N(C(=O)/C=C/c2ccc(F)cc2)S(=O)(=O)c2ccc(C)cc2)cc1. The average molecular weight is 425 g/mol. The molecule has 30 heavy (non-hydrogen) atoms. The molecule has 3 rings (SSSR count). The van der Waals surface area contributed by atoms with Crippen molar-refractivity contribution in [2.75, 3.05) is 11.4 Å². The molecule has 3 aromatic rings. The van der Waals surface area contributed by atoms with Gasteiger partial charge in [-0.25, -0.2) is 12.8 Å². The number of hydrogen-bond donors (Lipinski definition) is 0. The Hall–Kier alpha value is -3.45. The highest BCUT2D eigenvalue weighted by molar-refractivity contribution is 7.93. The number of benzene rings is 3. The molecule has 0 N–H and O–H groups in total. The van der Waals surface area contributed by atoms with Crippen molar-refractivity contribution in [3.8, 4) is 5.75 Å². The molecule has 0 atom stereocenters. The van der Waals surface area contributed by atoms with E-state index in [0.717, 1.165) is 15.9 Å². The molecule has 3 aromatic carbocycles. The molecule has 7 heteroatoms. The monoisotopic (exact) mass is 425 g/mol. The number of sulfonamides is 1. The molecular formula is C23H20FNO4S. The zero-order valence-corrected chi connectivity index (χ0v) is 17.3. The van der Waals surface area contributed by atoms with Crippen molar-refractivity contribution >= 4 is 27.7 Å². The van der Waals surface area contributed by atoms with Crippen LogP contribution in [0.5, 0.6) is 5.75 Å². The van der Waals surface area contributed by atoms with Crippen molar-refractivity contribution in [1.82, 2.24) is 0 Å². The van der Waals surface area contributed by atoms with Crippen LogP contribution < -0.4 is 9.04 Å². The Bertz CT molecular complexity index is 1150. The molecule has 0 heterocycles. The van der Waals surface area contributed by atoms with Crippen LogP contribution in [0.2, 0.25) is 0 Å². The number of nitrogens with zero attached hydrogens (tertiary/aromatic N) is 1. The summed E-state index contributed by atoms with van der Waals surface area (Å²) >= 11 is 0. The number of aryl methyl sites for hydroxylation is 1. The van der Waals surface area contributed by atoms with E-state index in [0.29, 0.717) is 11.3 Å². The molecule has 0 unspecified atom stereocenters. The van der Waals surface area contributed by atoms with Gasteiger partial charge in [0, 0.05) is 6.08 Å². The first kappa shape index (κ1) is 21.3. The first-order chi connectivity index (χ1) is 14.3. The van der Waals surface area contributed by atoms with E-state index in [1.807, 2.05) is 6.92 Å². The Morgan fingerprint density at radius 3 is 2.10 bits per heavy atom. The summed E-state index contributed by atoms with van der Waals surface area (Å²) in [6.07, 6.45) is 2.58. The van der Waals surface area contributed by atoms with E-state index in [1.165, 1.54) is 61.7 Å². The number of ether oxygens (including phenoxy) is 1. The molecule has 0 aliphatic rings. The first-order valence-electron chi connectivity index (χ1n) is 9.05. The summed E-state index contributed by atoms with van der Waals surface area (Å²) in [6, 6.07) is 17.9. The number of halogens is 1. The quantitative estimate of drug-likeness (QED) is 0.543. The van der Waals surface area contributed by atoms with Crippen LogP contribution in [0.25, 0.3) is 6.08 Å². The molecule has 0 spiro atoms. The second-order valence-corrected chi connectivity index (χ2v) is 8.29. The Morgan fingerprint density at radius 2 is 1.53 bits per heavy atom. The van der Waals surface area contributed by atoms with E-state index in [4.69, 9.17) is 4.74 Å². The standard InChI is InChI=1S/C23H20FNO4S/c1-17-3-14-22(15-4-17)30(27,28)25(20-10-12-21(29-2)13-11-20)23(26)16-7-18-5-8-19(24)9-6-18/h3-16H,1-2H3/b16-7+. The largest absolute Gasteiger partial charge is 0.497 e. The normalized spacial score (nSPS) is 11.4. The Balaban J connectivity index is 2.03. The summed E-state index contributed by atoms with van der Waals surface area (Å²) in [5, 5.41) is 0. The fraction of sp³-hybridized carbons (Fsp3) is 0.0870. The topological polar surface area (TPSA) is 63.7 Å². The lowest BCUT2D eigenvalue weighted by Crippen LogP contribution is -2.35. The Kier molecular flexibility index (Phi) is 6.32. The Labute approximate surface area is 175 Å². The highest BCUT2D eigenvalue weighted by Gasteiger charge is 2.29. The van der Waals surface area contributed by atoms with Gasteiger partial charge in [0.2, 0.25) is 0 Å². The van der Waals surface area contributed by atoms with Gasteiger partial charge < -0.3 is 4.74 Å². The molecule has 0 saturated heterocycles. The Morgan fingerprint density at radius 1 is 0.933 bits per heavy atom. The van der Waals surface area contributed by atoms with E-state index in [2.05, 4.69) is 0 Å². The predicted molar refractivity (Wildman–Crippen MR) is 114 cm³/mol. The number of carbonyl (C=O) groups is 1. The lowest BCUT2D eigenvalue weighted by Gasteiger charge is -2.21. The molecule has 154 valence electrons. The summed E-state index contributed by atoms with van der Waals surface area (Å²) in [7, 11) is -2.68. The minimum Gasteiger partial charge on any atom is -0.497 e. The number of methoxy groups -OCH3 is 1. The second-order valence-electron chi connectivity index (χ2n) is 6.50. The predicted octanol–water partition coefficient (Wildman–Crippen LogP) is 4.58. The highest BCUT2D eigenvalue weighted by atomic mass is 32.2. The van der Waals surface area contributed by atoms with Crippen molar-refractivity contribution in [1.29, 1.82) is 0 Å². The molecule has 1 amide bonds. The first-order valence-corrected chi connectivity index (χ1v) is 10.5. The summed E-state index contributed by atoms with van der Waals surface area (Å²) in [4.78, 5) is 13.0. The van der Waals surface area contributed by atoms with Crippen LogP contribution in [0.15, 0.2) is 83.8 Å². The summed E-state index contributed by atoms with van der Waals surface area (Å²) < 4.78 is 45.5. The third-order valence-corrected chi connectivity index (χ3v) is 6.09. The second kappa shape index (κ2) is 8.92. The maximum absolute atomic E-state index is 13.3. The molecule has 5 nitrogen and oxygen atoms in total. The zero-order valence-electron chi connectivity index (χ0n) is 16.4. The van der Waals surface area contributed by atoms with Crippen molar-refractivity contribution in [3.05, 3.63) is 95.8 Å². The number of rotatable bonds is 6. The number of amides is 1. The minimum atomic E-state index is -4.17. The molecular weight excluding hydrogens is 405 g/mol. The maximum Gasteiger partial charge on any atom is 0.271 e. The third kappa shape index (κ3) is 4.75. The van der Waals surface area contributed by atoms with Crippen LogP contribution in [-0.4, -0.2) is 21.4 Å². The van der Waals surface area contributed by atoms with Gasteiger partial charge in [0.05, 0.1) is 17.7 Å². The van der Waals surface area contributed by atoms with E-state index in [1.54, 1.807) is 24.3 Å². The van der Waals surface area contributed by atoms with Crippen LogP contribution in [0.1, 0.15) is 11.1 Å². The molecule has 0 aliphatic heterocycles. The van der Waals surface area contributed by atoms with Crippen LogP contribution in [0.3, 0.4) is 0 Å². The molecule has 0 fully saturated rings. The number of anilines is 1. The van der Waals surface area contributed by atoms with Crippen LogP contribution in [0, 0.1) is 12.7 Å². The third-order valence-electron chi connectivity index (χ3n) is 4.35. The van der Waals surface area contributed by atoms with E-state index in [-0.39, 0.29) is 10.6 Å². The fourth-order valence-corrected chi connectivity index (χ4v) is 4.11. The van der Waals surface area contributed by atoms with E-state index in [9.17, 15) is 17.6 Å². The van der Waals surface area contributed by atoms with Gasteiger partial charge in [-0.1, -0.05) is 29.8 Å². The lowest BCUT2D eigenvalue weighted by atomic mass is 10.2. The van der Waals surface area contributed by atoms with Gasteiger partial charge in [-0.2, -0.15) is 4.31 Å². The van der Waals surface area contributed by atoms with Crippen molar-refractivity contribution < 1.29 is 22.3 Å². The molecule has 0 radical (unpaired) electrons. The molecule has 0 saturated carbocycles. The highest BCUT2D eigenvalue weighted by Crippen LogP contribution is 2.26. The smallest absolute Gasteiger partial charge is 0.271 e. The minimum absolute atomic E-state index is 0.00699. The molecule has 0 bridgehead atoms. The summed E-state index contributed by atoms with van der Waals surface area (Å²) in [5.74, 6) is -0.633. The van der Waals surface area contributed by atoms with Gasteiger partial charge in [0.25, 0.3) is 15.9 Å². The summed E-state index contributed by atoms with van der Waals surface area (Å²) in [6.45, 7) is 1.84. The van der Waals surface area contributed by atoms with Crippen LogP contribution in [-0.2, 0) is 14.8 Å². The summed E-state index contributed by atoms with van der Waals surface area (Å²) in [5.41, 5.74) is 1.63. The molecule has 0 aromatic heterocycles. The number of hydrogen-bond acceptors (Lipinski definition) is 4. The maximum atomic E-state index is 13.3. The van der Waals surface area contributed by atoms with E-state index >= 15 is 0 Å². The van der Waals surface area contributed by atoms with Crippen LogP contribution >= 0.6 is 0 Å². The van der Waals surface area contributed by atoms with Gasteiger partial charge in [0.15, 0.2) is 0 Å². The van der Waals surface area contributed by atoms with Gasteiger partial charge >= 0.3 is 0 Å². The fourth-order valence-electron chi connectivity index (χ4n) is 2.73.